The van der Waals surface area contributed by atoms with Crippen LogP contribution in [0.15, 0.2) is 6.07 Å². The maximum absolute atomic E-state index is 5.68. The van der Waals surface area contributed by atoms with E-state index in [0.29, 0.717) is 6.04 Å². The third kappa shape index (κ3) is 2.74. The molecule has 1 aromatic rings. The Balaban J connectivity index is 1.60. The summed E-state index contributed by atoms with van der Waals surface area (Å²) < 4.78 is 5.68. The van der Waals surface area contributed by atoms with E-state index in [9.17, 15) is 0 Å². The van der Waals surface area contributed by atoms with E-state index in [4.69, 9.17) is 4.74 Å². The second-order valence-electron chi connectivity index (χ2n) is 6.15. The second-order valence-corrected chi connectivity index (χ2v) is 7.32. The van der Waals surface area contributed by atoms with Gasteiger partial charge in [-0.25, -0.2) is 0 Å². The molecule has 0 amide bonds. The number of aryl methyl sites for hydroxylation is 2. The lowest BCUT2D eigenvalue weighted by molar-refractivity contribution is -0.0706. The first-order valence-electron chi connectivity index (χ1n) is 7.62. The Morgan fingerprint density at radius 3 is 2.74 bits per heavy atom. The molecule has 1 heterocycles. The molecule has 2 nitrogen and oxygen atoms in total. The summed E-state index contributed by atoms with van der Waals surface area (Å²) in [4.78, 5) is 3.15. The molecule has 0 spiro atoms. The molecule has 0 radical (unpaired) electrons. The molecule has 106 valence electrons. The first-order valence-corrected chi connectivity index (χ1v) is 8.44. The predicted octanol–water partition coefficient (Wildman–Crippen LogP) is 3.85. The van der Waals surface area contributed by atoms with Crippen LogP contribution in [0.5, 0.6) is 0 Å². The highest BCUT2D eigenvalue weighted by molar-refractivity contribution is 7.12. The highest BCUT2D eigenvalue weighted by atomic mass is 32.1. The Labute approximate surface area is 120 Å². The third-order valence-corrected chi connectivity index (χ3v) is 6.29. The fourth-order valence-corrected chi connectivity index (χ4v) is 4.48. The molecule has 0 bridgehead atoms. The quantitative estimate of drug-likeness (QED) is 0.884. The normalized spacial score (nSPS) is 22.6. The molecule has 1 unspecified atom stereocenters. The van der Waals surface area contributed by atoms with Crippen molar-refractivity contribution in [2.24, 2.45) is 0 Å². The van der Waals surface area contributed by atoms with E-state index in [2.05, 4.69) is 18.3 Å². The number of hydrogen-bond acceptors (Lipinski definition) is 3. The summed E-state index contributed by atoms with van der Waals surface area (Å²) in [5, 5.41) is 3.69. The first kappa shape index (κ1) is 13.6. The van der Waals surface area contributed by atoms with Crippen molar-refractivity contribution in [3.05, 3.63) is 21.4 Å². The summed E-state index contributed by atoms with van der Waals surface area (Å²) in [6.07, 6.45) is 9.08. The molecule has 1 saturated carbocycles. The summed E-state index contributed by atoms with van der Waals surface area (Å²) >= 11 is 2.02. The van der Waals surface area contributed by atoms with Crippen molar-refractivity contribution in [2.45, 2.75) is 63.5 Å². The lowest BCUT2D eigenvalue weighted by atomic mass is 9.80. The summed E-state index contributed by atoms with van der Waals surface area (Å²) in [5.74, 6) is 0. The number of methoxy groups -OCH3 is 1. The van der Waals surface area contributed by atoms with Gasteiger partial charge in [0.1, 0.15) is 0 Å². The van der Waals surface area contributed by atoms with Crippen LogP contribution in [0, 0.1) is 0 Å². The van der Waals surface area contributed by atoms with Crippen LogP contribution < -0.4 is 5.32 Å². The number of thiophene rings is 1. The first-order chi connectivity index (χ1) is 9.22. The Bertz CT molecular complexity index is 407. The Morgan fingerprint density at radius 1 is 1.32 bits per heavy atom. The molecular formula is C16H25NOS. The van der Waals surface area contributed by atoms with Crippen LogP contribution in [0.2, 0.25) is 0 Å². The zero-order valence-electron chi connectivity index (χ0n) is 12.1. The maximum Gasteiger partial charge on any atom is 0.0802 e. The molecule has 0 saturated heterocycles. The van der Waals surface area contributed by atoms with E-state index in [-0.39, 0.29) is 5.60 Å². The van der Waals surface area contributed by atoms with Gasteiger partial charge in [0.25, 0.3) is 0 Å². The summed E-state index contributed by atoms with van der Waals surface area (Å²) in [6, 6.07) is 2.90. The van der Waals surface area contributed by atoms with Gasteiger partial charge in [0.05, 0.1) is 5.60 Å². The summed E-state index contributed by atoms with van der Waals surface area (Å²) in [5.41, 5.74) is 1.75. The van der Waals surface area contributed by atoms with Gasteiger partial charge in [-0.3, -0.25) is 0 Å². The van der Waals surface area contributed by atoms with Gasteiger partial charge in [0, 0.05) is 29.5 Å². The SMILES string of the molecule is COC1(CNC(C)c2cc3c(s2)CCCC3)CCC1. The molecule has 0 aromatic carbocycles. The third-order valence-electron chi connectivity index (χ3n) is 4.87. The highest BCUT2D eigenvalue weighted by Gasteiger charge is 2.37. The Hall–Kier alpha value is -0.380. The maximum atomic E-state index is 5.68. The standard InChI is InChI=1S/C16H25NOS/c1-12(17-11-16(18-2)8-5-9-16)15-10-13-6-3-4-7-14(13)19-15/h10,12,17H,3-9,11H2,1-2H3. The molecule has 19 heavy (non-hydrogen) atoms. The molecule has 2 aliphatic carbocycles. The second kappa shape index (κ2) is 5.55. The number of rotatable bonds is 5. The van der Waals surface area contributed by atoms with Crippen LogP contribution in [0.25, 0.3) is 0 Å². The lowest BCUT2D eigenvalue weighted by Crippen LogP contribution is -2.48. The summed E-state index contributed by atoms with van der Waals surface area (Å²) in [7, 11) is 1.86. The molecule has 3 heteroatoms. The van der Waals surface area contributed by atoms with E-state index < -0.39 is 0 Å². The molecule has 1 aromatic heterocycles. The molecule has 1 atom stereocenters. The lowest BCUT2D eigenvalue weighted by Gasteiger charge is -2.41. The van der Waals surface area contributed by atoms with Crippen LogP contribution in [0.1, 0.15) is 60.4 Å². The van der Waals surface area contributed by atoms with Crippen LogP contribution >= 0.6 is 11.3 Å². The number of fused-ring (bicyclic) bond motifs is 1. The van der Waals surface area contributed by atoms with Gasteiger partial charge in [-0.1, -0.05) is 0 Å². The number of ether oxygens (including phenoxy) is 1. The molecule has 1 N–H and O–H groups in total. The minimum absolute atomic E-state index is 0.130. The van der Waals surface area contributed by atoms with Crippen LogP contribution in [-0.4, -0.2) is 19.3 Å². The molecule has 2 aliphatic rings. The van der Waals surface area contributed by atoms with Crippen molar-refractivity contribution < 1.29 is 4.74 Å². The van der Waals surface area contributed by atoms with Gasteiger partial charge in [0.2, 0.25) is 0 Å². The van der Waals surface area contributed by atoms with E-state index in [1.54, 1.807) is 10.4 Å². The molecular weight excluding hydrogens is 254 g/mol. The summed E-state index contributed by atoms with van der Waals surface area (Å²) in [6.45, 7) is 3.28. The zero-order valence-corrected chi connectivity index (χ0v) is 12.9. The Morgan fingerprint density at radius 2 is 2.11 bits per heavy atom. The van der Waals surface area contributed by atoms with Gasteiger partial charge >= 0.3 is 0 Å². The number of hydrogen-bond donors (Lipinski definition) is 1. The van der Waals surface area contributed by atoms with Crippen LogP contribution in [0.3, 0.4) is 0 Å². The molecule has 3 rings (SSSR count). The smallest absolute Gasteiger partial charge is 0.0802 e. The van der Waals surface area contributed by atoms with Crippen molar-refractivity contribution in [1.29, 1.82) is 0 Å². The fraction of sp³-hybridized carbons (Fsp3) is 0.750. The topological polar surface area (TPSA) is 21.3 Å². The minimum Gasteiger partial charge on any atom is -0.377 e. The van der Waals surface area contributed by atoms with Crippen molar-refractivity contribution >= 4 is 11.3 Å². The fourth-order valence-electron chi connectivity index (χ4n) is 3.19. The van der Waals surface area contributed by atoms with Crippen molar-refractivity contribution in [3.63, 3.8) is 0 Å². The zero-order chi connectivity index (χ0) is 13.3. The van der Waals surface area contributed by atoms with Crippen LogP contribution in [0.4, 0.5) is 0 Å². The van der Waals surface area contributed by atoms with Gasteiger partial charge in [0.15, 0.2) is 0 Å². The van der Waals surface area contributed by atoms with E-state index in [1.807, 2.05) is 18.4 Å². The van der Waals surface area contributed by atoms with E-state index in [1.165, 1.54) is 49.8 Å². The van der Waals surface area contributed by atoms with Crippen molar-refractivity contribution in [1.82, 2.24) is 5.32 Å². The Kier molecular flexibility index (Phi) is 3.97. The van der Waals surface area contributed by atoms with Gasteiger partial charge in [-0.2, -0.15) is 0 Å². The number of nitrogens with one attached hydrogen (secondary N) is 1. The van der Waals surface area contributed by atoms with E-state index in [0.717, 1.165) is 6.54 Å². The molecule has 0 aliphatic heterocycles. The monoisotopic (exact) mass is 279 g/mol. The predicted molar refractivity (Wildman–Crippen MR) is 81.0 cm³/mol. The van der Waals surface area contributed by atoms with E-state index >= 15 is 0 Å². The van der Waals surface area contributed by atoms with Crippen molar-refractivity contribution in [3.8, 4) is 0 Å². The minimum atomic E-state index is 0.130. The highest BCUT2D eigenvalue weighted by Crippen LogP contribution is 2.36. The largest absolute Gasteiger partial charge is 0.377 e. The van der Waals surface area contributed by atoms with Crippen LogP contribution in [-0.2, 0) is 17.6 Å². The van der Waals surface area contributed by atoms with Crippen molar-refractivity contribution in [2.75, 3.05) is 13.7 Å². The van der Waals surface area contributed by atoms with Gasteiger partial charge in [-0.15, -0.1) is 11.3 Å². The van der Waals surface area contributed by atoms with Gasteiger partial charge < -0.3 is 10.1 Å². The average Bonchev–Trinajstić information content (AvgIpc) is 2.81. The average molecular weight is 279 g/mol. The van der Waals surface area contributed by atoms with Gasteiger partial charge in [-0.05, 0) is 63.5 Å². The molecule has 1 fully saturated rings.